The third-order valence-corrected chi connectivity index (χ3v) is 4.85. The number of halogens is 1. The first-order valence-corrected chi connectivity index (χ1v) is 10.5. The molecule has 170 valence electrons. The Hall–Kier alpha value is -4.21. The summed E-state index contributed by atoms with van der Waals surface area (Å²) < 4.78 is 6.12. The quantitative estimate of drug-likeness (QED) is 0.221. The van der Waals surface area contributed by atoms with Crippen molar-refractivity contribution in [3.8, 4) is 11.6 Å². The van der Waals surface area contributed by atoms with E-state index in [-0.39, 0.29) is 23.9 Å². The van der Waals surface area contributed by atoms with Gasteiger partial charge in [-0.3, -0.25) is 4.79 Å². The fourth-order valence-corrected chi connectivity index (χ4v) is 3.07. The molecule has 0 radical (unpaired) electrons. The van der Waals surface area contributed by atoms with Crippen molar-refractivity contribution < 1.29 is 14.6 Å². The summed E-state index contributed by atoms with van der Waals surface area (Å²) in [6.45, 7) is -0.222. The van der Waals surface area contributed by atoms with Crippen LogP contribution < -0.4 is 0 Å². The van der Waals surface area contributed by atoms with Crippen LogP contribution in [0.25, 0.3) is 5.69 Å². The van der Waals surface area contributed by atoms with Crippen LogP contribution in [-0.4, -0.2) is 34.4 Å². The summed E-state index contributed by atoms with van der Waals surface area (Å²) in [4.78, 5) is 12.5. The lowest BCUT2D eigenvalue weighted by Crippen LogP contribution is -2.09. The maximum atomic E-state index is 12.5. The number of benzene rings is 3. The summed E-state index contributed by atoms with van der Waals surface area (Å²) in [5.74, 6) is -0.782. The summed E-state index contributed by atoms with van der Waals surface area (Å²) in [5.41, 5.74) is 2.24. The highest BCUT2D eigenvalue weighted by molar-refractivity contribution is 6.30. The van der Waals surface area contributed by atoms with Crippen LogP contribution in [0.1, 0.15) is 10.5 Å². The van der Waals surface area contributed by atoms with Gasteiger partial charge in [0.05, 0.1) is 22.7 Å². The molecule has 1 heterocycles. The molecule has 1 aromatic heterocycles. The number of Topliss-reactive ketones (excluding diaryl/α,β-unsaturated/α-hetero) is 1. The van der Waals surface area contributed by atoms with Gasteiger partial charge in [-0.25, -0.2) is 0 Å². The Balaban J connectivity index is 1.60. The van der Waals surface area contributed by atoms with Crippen LogP contribution in [0.3, 0.4) is 0 Å². The van der Waals surface area contributed by atoms with E-state index in [1.165, 1.54) is 11.8 Å². The second kappa shape index (κ2) is 10.6. The van der Waals surface area contributed by atoms with Crippen LogP contribution in [-0.2, 0) is 4.74 Å². The molecule has 0 unspecified atom stereocenters. The number of rotatable bonds is 8. The number of azo groups is 2. The molecule has 0 amide bonds. The molecular weight excluding hydrogens is 456 g/mol. The predicted octanol–water partition coefficient (Wildman–Crippen LogP) is 6.89. The molecule has 10 heteroatoms. The molecule has 0 saturated carbocycles. The summed E-state index contributed by atoms with van der Waals surface area (Å²) in [7, 11) is 1.39. The maximum Gasteiger partial charge on any atom is 0.243 e. The number of aromatic nitrogens is 2. The molecule has 4 aromatic rings. The van der Waals surface area contributed by atoms with E-state index in [1.807, 2.05) is 30.3 Å². The molecule has 0 fully saturated rings. The van der Waals surface area contributed by atoms with E-state index in [1.54, 1.807) is 48.5 Å². The molecule has 3 aromatic carbocycles. The normalized spacial score (nSPS) is 11.5. The smallest absolute Gasteiger partial charge is 0.243 e. The van der Waals surface area contributed by atoms with Gasteiger partial charge in [0.15, 0.2) is 11.4 Å². The van der Waals surface area contributed by atoms with E-state index in [4.69, 9.17) is 16.3 Å². The summed E-state index contributed by atoms with van der Waals surface area (Å²) >= 11 is 5.94. The van der Waals surface area contributed by atoms with Crippen molar-refractivity contribution in [2.45, 2.75) is 0 Å². The van der Waals surface area contributed by atoms with E-state index in [0.29, 0.717) is 22.1 Å². The third-order valence-electron chi connectivity index (χ3n) is 4.60. The minimum atomic E-state index is -0.448. The highest BCUT2D eigenvalue weighted by Gasteiger charge is 2.24. The monoisotopic (exact) mass is 474 g/mol. The van der Waals surface area contributed by atoms with Crippen LogP contribution >= 0.6 is 11.6 Å². The van der Waals surface area contributed by atoms with Crippen molar-refractivity contribution in [3.05, 3.63) is 89.6 Å². The van der Waals surface area contributed by atoms with E-state index in [0.717, 1.165) is 5.69 Å². The van der Waals surface area contributed by atoms with Crippen molar-refractivity contribution in [1.82, 2.24) is 9.78 Å². The SMILES string of the molecule is COCC(=O)c1nn(-c2ccc(Cl)cc2)c(O)c1/N=N/c1ccc(/N=N/c2ccccc2)cc1. The molecule has 0 bridgehead atoms. The molecule has 1 N–H and O–H groups in total. The van der Waals surface area contributed by atoms with Gasteiger partial charge in [0.1, 0.15) is 6.61 Å². The molecular formula is C24H19ClN6O3. The Morgan fingerprint density at radius 1 is 0.882 bits per heavy atom. The Morgan fingerprint density at radius 2 is 1.44 bits per heavy atom. The lowest BCUT2D eigenvalue weighted by Gasteiger charge is -2.02. The Morgan fingerprint density at radius 3 is 2.03 bits per heavy atom. The number of ether oxygens (including phenoxy) is 1. The number of ketones is 1. The largest absolute Gasteiger partial charge is 0.492 e. The van der Waals surface area contributed by atoms with E-state index >= 15 is 0 Å². The molecule has 34 heavy (non-hydrogen) atoms. The van der Waals surface area contributed by atoms with Gasteiger partial charge in [0.2, 0.25) is 11.7 Å². The molecule has 0 saturated heterocycles. The van der Waals surface area contributed by atoms with Crippen LogP contribution in [0, 0.1) is 0 Å². The highest BCUT2D eigenvalue weighted by atomic mass is 35.5. The van der Waals surface area contributed by atoms with Gasteiger partial charge in [0, 0.05) is 12.1 Å². The van der Waals surface area contributed by atoms with Crippen LogP contribution in [0.15, 0.2) is 99.3 Å². The van der Waals surface area contributed by atoms with Gasteiger partial charge in [-0.05, 0) is 60.7 Å². The summed E-state index contributed by atoms with van der Waals surface area (Å²) in [6.07, 6.45) is 0. The molecule has 4 rings (SSSR count). The van der Waals surface area contributed by atoms with Crippen molar-refractivity contribution in [3.63, 3.8) is 0 Å². The Labute approximate surface area is 200 Å². The average Bonchev–Trinajstić information content (AvgIpc) is 3.19. The van der Waals surface area contributed by atoms with E-state index in [2.05, 4.69) is 25.6 Å². The lowest BCUT2D eigenvalue weighted by molar-refractivity contribution is 0.0843. The number of carbonyl (C=O) groups excluding carboxylic acids is 1. The topological polar surface area (TPSA) is 114 Å². The number of methoxy groups -OCH3 is 1. The molecule has 0 aliphatic heterocycles. The molecule has 0 spiro atoms. The van der Waals surface area contributed by atoms with Crippen LogP contribution in [0.5, 0.6) is 5.88 Å². The zero-order valence-electron chi connectivity index (χ0n) is 18.0. The van der Waals surface area contributed by atoms with Crippen LogP contribution in [0.2, 0.25) is 5.02 Å². The lowest BCUT2D eigenvalue weighted by atomic mass is 10.2. The van der Waals surface area contributed by atoms with Gasteiger partial charge in [0.25, 0.3) is 0 Å². The zero-order valence-corrected chi connectivity index (χ0v) is 18.8. The fourth-order valence-electron chi connectivity index (χ4n) is 2.95. The maximum absolute atomic E-state index is 12.5. The Bertz CT molecular complexity index is 1330. The van der Waals surface area contributed by atoms with Crippen molar-refractivity contribution >= 4 is 40.1 Å². The zero-order chi connectivity index (χ0) is 23.9. The molecule has 0 aliphatic carbocycles. The Kier molecular flexibility index (Phi) is 7.16. The first-order valence-electron chi connectivity index (χ1n) is 10.1. The van der Waals surface area contributed by atoms with E-state index in [9.17, 15) is 9.90 Å². The highest BCUT2D eigenvalue weighted by Crippen LogP contribution is 2.35. The number of hydrogen-bond acceptors (Lipinski definition) is 8. The molecule has 0 atom stereocenters. The fraction of sp³-hybridized carbons (Fsp3) is 0.0833. The van der Waals surface area contributed by atoms with Gasteiger partial charge in [-0.1, -0.05) is 29.8 Å². The predicted molar refractivity (Wildman–Crippen MR) is 128 cm³/mol. The number of carbonyl (C=O) groups is 1. The van der Waals surface area contributed by atoms with Crippen molar-refractivity contribution in [2.24, 2.45) is 20.5 Å². The van der Waals surface area contributed by atoms with Gasteiger partial charge in [-0.15, -0.1) is 5.11 Å². The third kappa shape index (κ3) is 5.40. The minimum absolute atomic E-state index is 0.0636. The average molecular weight is 475 g/mol. The van der Waals surface area contributed by atoms with Crippen molar-refractivity contribution in [2.75, 3.05) is 13.7 Å². The molecule has 9 nitrogen and oxygen atoms in total. The summed E-state index contributed by atoms with van der Waals surface area (Å²) in [5, 5.41) is 32.1. The number of nitrogens with zero attached hydrogens (tertiary/aromatic N) is 6. The first kappa shape index (κ1) is 23.0. The van der Waals surface area contributed by atoms with Gasteiger partial charge in [-0.2, -0.15) is 25.1 Å². The van der Waals surface area contributed by atoms with E-state index < -0.39 is 5.78 Å². The van der Waals surface area contributed by atoms with Crippen LogP contribution in [0.4, 0.5) is 22.7 Å². The standard InChI is InChI=1S/C24H19ClN6O3/c1-34-15-21(32)22-23(24(33)31(30-22)20-13-7-16(25)8-14-20)29-28-19-11-9-18(10-12-19)27-26-17-5-3-2-4-6-17/h2-14,33H,15H2,1H3/b27-26+,29-28+. The first-order chi connectivity index (χ1) is 16.5. The minimum Gasteiger partial charge on any atom is -0.492 e. The van der Waals surface area contributed by atoms with Gasteiger partial charge >= 0.3 is 0 Å². The number of aromatic hydroxyl groups is 1. The van der Waals surface area contributed by atoms with Gasteiger partial charge < -0.3 is 9.84 Å². The second-order valence-corrected chi connectivity index (χ2v) is 7.45. The number of hydrogen-bond donors (Lipinski definition) is 1. The molecule has 0 aliphatic rings. The second-order valence-electron chi connectivity index (χ2n) is 7.02. The van der Waals surface area contributed by atoms with Crippen molar-refractivity contribution in [1.29, 1.82) is 0 Å². The summed E-state index contributed by atoms with van der Waals surface area (Å²) in [6, 6.07) is 22.8.